The van der Waals surface area contributed by atoms with Crippen LogP contribution in [-0.2, 0) is 14.8 Å². The maximum absolute atomic E-state index is 13.4. The molecule has 0 fully saturated rings. The van der Waals surface area contributed by atoms with Crippen LogP contribution in [-0.4, -0.2) is 36.4 Å². The first kappa shape index (κ1) is 16.1. The highest BCUT2D eigenvalue weighted by Crippen LogP contribution is 2.25. The van der Waals surface area contributed by atoms with Crippen LogP contribution in [0.4, 0.5) is 4.39 Å². The Morgan fingerprint density at radius 3 is 2.37 bits per heavy atom. The number of nitrogens with zero attached hydrogens (tertiary/aromatic N) is 1. The molecule has 1 N–H and O–H groups in total. The van der Waals surface area contributed by atoms with Gasteiger partial charge in [-0.05, 0) is 48.0 Å². The third-order valence-electron chi connectivity index (χ3n) is 2.86. The van der Waals surface area contributed by atoms with Crippen LogP contribution in [0.15, 0.2) is 27.6 Å². The van der Waals surface area contributed by atoms with E-state index in [2.05, 4.69) is 15.9 Å². The van der Waals surface area contributed by atoms with Gasteiger partial charge in [0.05, 0.1) is 9.37 Å². The van der Waals surface area contributed by atoms with Gasteiger partial charge >= 0.3 is 5.97 Å². The number of benzene rings is 1. The van der Waals surface area contributed by atoms with Crippen molar-refractivity contribution >= 4 is 31.9 Å². The maximum atomic E-state index is 13.4. The summed E-state index contributed by atoms with van der Waals surface area (Å²) in [6.45, 7) is 2.50. The van der Waals surface area contributed by atoms with E-state index in [1.807, 2.05) is 0 Å². The van der Waals surface area contributed by atoms with E-state index in [0.717, 1.165) is 13.1 Å². The molecule has 1 aromatic rings. The van der Waals surface area contributed by atoms with Crippen molar-refractivity contribution in [2.75, 3.05) is 7.05 Å². The molecule has 1 aromatic carbocycles. The maximum Gasteiger partial charge on any atom is 0.324 e. The molecule has 106 valence electrons. The Bertz CT molecular complexity index is 615. The Morgan fingerprint density at radius 1 is 1.42 bits per heavy atom. The lowest BCUT2D eigenvalue weighted by Crippen LogP contribution is -2.50. The van der Waals surface area contributed by atoms with Crippen molar-refractivity contribution in [3.8, 4) is 0 Å². The van der Waals surface area contributed by atoms with Gasteiger partial charge in [-0.2, -0.15) is 4.31 Å². The minimum atomic E-state index is -4.09. The summed E-state index contributed by atoms with van der Waals surface area (Å²) >= 11 is 2.92. The van der Waals surface area contributed by atoms with Crippen molar-refractivity contribution in [3.63, 3.8) is 0 Å². The third kappa shape index (κ3) is 2.96. The van der Waals surface area contributed by atoms with Gasteiger partial charge in [-0.3, -0.25) is 4.79 Å². The zero-order valence-electron chi connectivity index (χ0n) is 10.5. The highest BCUT2D eigenvalue weighted by atomic mass is 79.9. The van der Waals surface area contributed by atoms with Crippen molar-refractivity contribution in [3.05, 3.63) is 28.5 Å². The van der Waals surface area contributed by atoms with Crippen LogP contribution in [0.2, 0.25) is 0 Å². The van der Waals surface area contributed by atoms with Gasteiger partial charge in [-0.15, -0.1) is 0 Å². The first-order chi connectivity index (χ1) is 8.51. The molecule has 0 aliphatic rings. The fraction of sp³-hybridized carbons (Fsp3) is 0.364. The predicted octanol–water partition coefficient (Wildman–Crippen LogP) is 2.07. The Kier molecular flexibility index (Phi) is 4.38. The van der Waals surface area contributed by atoms with Gasteiger partial charge in [0, 0.05) is 7.05 Å². The number of sulfonamides is 1. The summed E-state index contributed by atoms with van der Waals surface area (Å²) in [6.07, 6.45) is 0. The first-order valence-corrected chi connectivity index (χ1v) is 7.42. The molecule has 0 bridgehead atoms. The van der Waals surface area contributed by atoms with Crippen LogP contribution in [0.5, 0.6) is 0 Å². The predicted molar refractivity (Wildman–Crippen MR) is 70.8 cm³/mol. The first-order valence-electron chi connectivity index (χ1n) is 5.18. The molecule has 0 saturated carbocycles. The molecule has 0 radical (unpaired) electrons. The lowest BCUT2D eigenvalue weighted by atomic mass is 10.1. The average molecular weight is 354 g/mol. The van der Waals surface area contributed by atoms with E-state index in [-0.39, 0.29) is 9.37 Å². The van der Waals surface area contributed by atoms with E-state index in [0.29, 0.717) is 4.31 Å². The molecule has 0 aromatic heterocycles. The van der Waals surface area contributed by atoms with E-state index in [9.17, 15) is 17.6 Å². The zero-order chi connectivity index (χ0) is 15.0. The zero-order valence-corrected chi connectivity index (χ0v) is 12.9. The third-order valence-corrected chi connectivity index (χ3v) is 5.53. The smallest absolute Gasteiger partial charge is 0.324 e. The Morgan fingerprint density at radius 2 is 1.95 bits per heavy atom. The molecule has 0 saturated heterocycles. The van der Waals surface area contributed by atoms with Gasteiger partial charge in [0.25, 0.3) is 0 Å². The van der Waals surface area contributed by atoms with Crippen molar-refractivity contribution in [2.45, 2.75) is 24.3 Å². The number of hydrogen-bond donors (Lipinski definition) is 1. The van der Waals surface area contributed by atoms with Gasteiger partial charge in [-0.25, -0.2) is 12.8 Å². The highest BCUT2D eigenvalue weighted by Gasteiger charge is 2.40. The minimum absolute atomic E-state index is 0.131. The fourth-order valence-electron chi connectivity index (χ4n) is 1.23. The highest BCUT2D eigenvalue weighted by molar-refractivity contribution is 9.10. The second-order valence-electron chi connectivity index (χ2n) is 4.41. The molecule has 0 aliphatic heterocycles. The van der Waals surface area contributed by atoms with Crippen molar-refractivity contribution in [1.29, 1.82) is 0 Å². The largest absolute Gasteiger partial charge is 0.480 e. The Labute approximate surface area is 119 Å². The number of carbonyl (C=O) groups is 1. The fourth-order valence-corrected chi connectivity index (χ4v) is 2.96. The summed E-state index contributed by atoms with van der Waals surface area (Å²) in [7, 11) is -2.95. The summed E-state index contributed by atoms with van der Waals surface area (Å²) in [5.41, 5.74) is -1.64. The van der Waals surface area contributed by atoms with E-state index >= 15 is 0 Å². The van der Waals surface area contributed by atoms with Gasteiger partial charge in [0.15, 0.2) is 0 Å². The van der Waals surface area contributed by atoms with Crippen molar-refractivity contribution < 1.29 is 22.7 Å². The topological polar surface area (TPSA) is 74.7 Å². The van der Waals surface area contributed by atoms with Crippen molar-refractivity contribution in [2.24, 2.45) is 0 Å². The van der Waals surface area contributed by atoms with E-state index in [4.69, 9.17) is 5.11 Å². The van der Waals surface area contributed by atoms with Crippen LogP contribution < -0.4 is 0 Å². The molecule has 0 spiro atoms. The number of aliphatic carboxylic acids is 1. The number of likely N-dealkylation sites (N-methyl/N-ethyl adjacent to an activating group) is 1. The second kappa shape index (κ2) is 5.18. The van der Waals surface area contributed by atoms with Crippen LogP contribution >= 0.6 is 15.9 Å². The number of carboxylic acids is 1. The molecule has 0 heterocycles. The van der Waals surface area contributed by atoms with Gasteiger partial charge in [0.1, 0.15) is 11.4 Å². The van der Waals surface area contributed by atoms with Crippen LogP contribution in [0.3, 0.4) is 0 Å². The molecule has 0 unspecified atom stereocenters. The molecule has 0 amide bonds. The minimum Gasteiger partial charge on any atom is -0.480 e. The summed E-state index contributed by atoms with van der Waals surface area (Å²) < 4.78 is 38.7. The van der Waals surface area contributed by atoms with Crippen LogP contribution in [0.25, 0.3) is 0 Å². The second-order valence-corrected chi connectivity index (χ2v) is 7.24. The summed E-state index contributed by atoms with van der Waals surface area (Å²) in [6, 6.07) is 3.30. The standard InChI is InChI=1S/C11H13BrFNO4S/c1-11(2,10(15)16)14(3)19(17,18)7-4-5-8(12)9(13)6-7/h4-6H,1-3H3,(H,15,16). The lowest BCUT2D eigenvalue weighted by molar-refractivity contribution is -0.145. The molecular formula is C11H13BrFNO4S. The van der Waals surface area contributed by atoms with Crippen LogP contribution in [0, 0.1) is 5.82 Å². The lowest BCUT2D eigenvalue weighted by Gasteiger charge is -2.30. The Hall–Kier alpha value is -0.990. The number of hydrogen-bond acceptors (Lipinski definition) is 3. The number of halogens is 2. The normalized spacial score (nSPS) is 12.7. The molecular weight excluding hydrogens is 341 g/mol. The average Bonchev–Trinajstić information content (AvgIpc) is 2.31. The van der Waals surface area contributed by atoms with E-state index in [1.54, 1.807) is 0 Å². The van der Waals surface area contributed by atoms with Crippen molar-refractivity contribution in [1.82, 2.24) is 4.31 Å². The van der Waals surface area contributed by atoms with E-state index in [1.165, 1.54) is 26.0 Å². The van der Waals surface area contributed by atoms with Gasteiger partial charge in [-0.1, -0.05) is 0 Å². The van der Waals surface area contributed by atoms with Gasteiger partial charge in [0.2, 0.25) is 10.0 Å². The molecule has 0 atom stereocenters. The Balaban J connectivity index is 3.32. The van der Waals surface area contributed by atoms with Gasteiger partial charge < -0.3 is 5.11 Å². The quantitative estimate of drug-likeness (QED) is 0.898. The molecule has 0 aliphatic carbocycles. The summed E-state index contributed by atoms with van der Waals surface area (Å²) in [5, 5.41) is 9.03. The van der Waals surface area contributed by atoms with Crippen LogP contribution in [0.1, 0.15) is 13.8 Å². The number of carboxylic acid groups (broad SMARTS) is 1. The molecule has 5 nitrogen and oxygen atoms in total. The molecule has 8 heteroatoms. The molecule has 19 heavy (non-hydrogen) atoms. The summed E-state index contributed by atoms with van der Waals surface area (Å²) in [5.74, 6) is -2.03. The monoisotopic (exact) mass is 353 g/mol. The SMILES string of the molecule is CN(C(C)(C)C(=O)O)S(=O)(=O)c1ccc(Br)c(F)c1. The van der Waals surface area contributed by atoms with E-state index < -0.39 is 27.3 Å². The molecule has 1 rings (SSSR count). The number of rotatable bonds is 4. The summed E-state index contributed by atoms with van der Waals surface area (Å²) in [4.78, 5) is 10.8.